The molecule has 0 N–H and O–H groups in total. The maximum atomic E-state index is 2.69. The second-order valence-corrected chi connectivity index (χ2v) is 21.0. The zero-order chi connectivity index (χ0) is 23.2. The molecular formula is C33H30Ti. The van der Waals surface area contributed by atoms with E-state index in [0.29, 0.717) is 4.22 Å². The van der Waals surface area contributed by atoms with Gasteiger partial charge in [0.25, 0.3) is 0 Å². The Morgan fingerprint density at radius 1 is 0.618 bits per heavy atom. The fourth-order valence-corrected chi connectivity index (χ4v) is 17.5. The molecule has 0 bridgehead atoms. The van der Waals surface area contributed by atoms with Crippen LogP contribution in [-0.2, 0) is 14.8 Å². The Labute approximate surface area is 203 Å². The molecule has 166 valence electrons. The molecule has 0 saturated carbocycles. The van der Waals surface area contributed by atoms with Gasteiger partial charge in [-0.3, -0.25) is 0 Å². The van der Waals surface area contributed by atoms with Crippen LogP contribution in [0, 0.1) is 0 Å². The van der Waals surface area contributed by atoms with Gasteiger partial charge in [0, 0.05) is 0 Å². The van der Waals surface area contributed by atoms with E-state index in [1.165, 1.54) is 33.4 Å². The van der Waals surface area contributed by atoms with Crippen LogP contribution in [0.3, 0.4) is 0 Å². The quantitative estimate of drug-likeness (QED) is 0.260. The second kappa shape index (κ2) is 8.02. The normalized spacial score (nSPS) is 15.1. The van der Waals surface area contributed by atoms with Crippen LogP contribution in [0.15, 0.2) is 131 Å². The molecule has 0 spiro atoms. The summed E-state index contributed by atoms with van der Waals surface area (Å²) in [5.41, 5.74) is 8.56. The van der Waals surface area contributed by atoms with E-state index in [-0.39, 0.29) is 0 Å². The van der Waals surface area contributed by atoms with Crippen LogP contribution in [0.5, 0.6) is 0 Å². The van der Waals surface area contributed by atoms with Crippen LogP contribution in [0.2, 0.25) is 10.5 Å². The zero-order valence-corrected chi connectivity index (χ0v) is 21.5. The number of fused-ring (bicyclic) bond motifs is 3. The first-order valence-corrected chi connectivity index (χ1v) is 17.9. The molecule has 34 heavy (non-hydrogen) atoms. The summed E-state index contributed by atoms with van der Waals surface area (Å²) in [5.74, 6) is 0. The van der Waals surface area contributed by atoms with Crippen molar-refractivity contribution >= 4 is 3.81 Å². The topological polar surface area (TPSA) is 0 Å². The van der Waals surface area contributed by atoms with E-state index in [0.717, 1.165) is 6.42 Å². The number of hydrogen-bond donors (Lipinski definition) is 0. The Kier molecular flexibility index (Phi) is 5.06. The third-order valence-electron chi connectivity index (χ3n) is 8.35. The van der Waals surface area contributed by atoms with Crippen molar-refractivity contribution in [1.29, 1.82) is 0 Å². The molecule has 2 aliphatic carbocycles. The average molecular weight is 474 g/mol. The standard InChI is InChI=1S/C13H9.C13H10.C5H5.2CH3.Ti/c1-3-7-12-10(5-1)9-11-6-2-4-8-13(11)12;1-3-7-12(8-4-1)11-13-9-5-2-6-10-13;1-2-4-5-3-1;;;/h1-9H;1-10H;1-3H,4H2;2*1H3;. The van der Waals surface area contributed by atoms with Crippen LogP contribution in [0.1, 0.15) is 32.9 Å². The fraction of sp³-hybridized carbons (Fsp3) is 0.121. The zero-order valence-electron chi connectivity index (χ0n) is 19.9. The number of benzene rings is 4. The van der Waals surface area contributed by atoms with Gasteiger partial charge in [-0.25, -0.2) is 0 Å². The third-order valence-corrected chi connectivity index (χ3v) is 19.0. The first-order valence-electron chi connectivity index (χ1n) is 12.3. The van der Waals surface area contributed by atoms with Crippen molar-refractivity contribution in [1.82, 2.24) is 0 Å². The second-order valence-electron chi connectivity index (χ2n) is 10.5. The van der Waals surface area contributed by atoms with E-state index in [9.17, 15) is 0 Å². The summed E-state index contributed by atoms with van der Waals surface area (Å²) >= 11 is -3.78. The molecule has 0 nitrogen and oxygen atoms in total. The molecule has 6 rings (SSSR count). The SMILES string of the molecule is [CH3][Ti]([CH3])([C]1=CC=CC1)(=[C](c1ccccc1)c1ccccc1)[CH]1c2ccccc2-c2ccccc21. The van der Waals surface area contributed by atoms with Gasteiger partial charge in [0.05, 0.1) is 0 Å². The summed E-state index contributed by atoms with van der Waals surface area (Å²) in [6, 6.07) is 40.7. The molecule has 4 aromatic carbocycles. The summed E-state index contributed by atoms with van der Waals surface area (Å²) in [6.07, 6.45) is 8.14. The van der Waals surface area contributed by atoms with Crippen molar-refractivity contribution in [2.24, 2.45) is 0 Å². The molecule has 0 atom stereocenters. The summed E-state index contributed by atoms with van der Waals surface area (Å²) in [6.45, 7) is 0. The maximum absolute atomic E-state index is 3.78. The van der Waals surface area contributed by atoms with Gasteiger partial charge in [-0.1, -0.05) is 0 Å². The minimum absolute atomic E-state index is 0.381. The van der Waals surface area contributed by atoms with Gasteiger partial charge in [0.15, 0.2) is 0 Å². The molecule has 0 heterocycles. The first kappa shape index (κ1) is 21.5. The minimum atomic E-state index is -3.78. The first-order chi connectivity index (χ1) is 16.6. The van der Waals surface area contributed by atoms with Gasteiger partial charge in [-0.15, -0.1) is 0 Å². The Morgan fingerprint density at radius 2 is 1.09 bits per heavy atom. The van der Waals surface area contributed by atoms with E-state index in [1.54, 1.807) is 7.69 Å². The van der Waals surface area contributed by atoms with Gasteiger partial charge in [-0.2, -0.15) is 0 Å². The summed E-state index contributed by atoms with van der Waals surface area (Å²) in [4.78, 5) is 0. The van der Waals surface area contributed by atoms with Gasteiger partial charge in [0.1, 0.15) is 0 Å². The van der Waals surface area contributed by atoms with E-state index >= 15 is 0 Å². The number of hydrogen-bond acceptors (Lipinski definition) is 0. The molecule has 0 radical (unpaired) electrons. The predicted octanol–water partition coefficient (Wildman–Crippen LogP) is 8.66. The average Bonchev–Trinajstić information content (AvgIpc) is 3.54. The van der Waals surface area contributed by atoms with Gasteiger partial charge < -0.3 is 0 Å². The fourth-order valence-electron chi connectivity index (χ4n) is 6.86. The van der Waals surface area contributed by atoms with Crippen molar-refractivity contribution in [3.05, 3.63) is 154 Å². The molecule has 0 unspecified atom stereocenters. The monoisotopic (exact) mass is 474 g/mol. The van der Waals surface area contributed by atoms with Crippen LogP contribution < -0.4 is 0 Å². The van der Waals surface area contributed by atoms with E-state index in [2.05, 4.69) is 138 Å². The van der Waals surface area contributed by atoms with Crippen molar-refractivity contribution in [2.75, 3.05) is 0 Å². The Balaban J connectivity index is 1.84. The van der Waals surface area contributed by atoms with Crippen molar-refractivity contribution in [3.63, 3.8) is 0 Å². The predicted molar refractivity (Wildman–Crippen MR) is 143 cm³/mol. The van der Waals surface area contributed by atoms with Crippen LogP contribution in [-0.4, -0.2) is 3.81 Å². The Hall–Kier alpha value is -3.06. The van der Waals surface area contributed by atoms with Crippen LogP contribution >= 0.6 is 0 Å². The van der Waals surface area contributed by atoms with Crippen molar-refractivity contribution in [2.45, 2.75) is 21.1 Å². The number of rotatable bonds is 4. The summed E-state index contributed by atoms with van der Waals surface area (Å²) < 4.78 is 3.60. The third kappa shape index (κ3) is 3.06. The van der Waals surface area contributed by atoms with Crippen LogP contribution in [0.25, 0.3) is 11.1 Å². The molecule has 4 aromatic rings. The summed E-state index contributed by atoms with van der Waals surface area (Å²) in [5, 5.41) is 5.38. The van der Waals surface area contributed by atoms with Gasteiger partial charge in [-0.05, 0) is 0 Å². The molecule has 0 aromatic heterocycles. The van der Waals surface area contributed by atoms with Gasteiger partial charge in [0.2, 0.25) is 0 Å². The molecule has 0 amide bonds. The Bertz CT molecular complexity index is 1420. The molecule has 0 fully saturated rings. The van der Waals surface area contributed by atoms with E-state index < -0.39 is 14.8 Å². The van der Waals surface area contributed by atoms with E-state index in [4.69, 9.17) is 0 Å². The molecule has 1 heteroatoms. The Morgan fingerprint density at radius 3 is 1.56 bits per heavy atom. The molecular weight excluding hydrogens is 444 g/mol. The van der Waals surface area contributed by atoms with Crippen LogP contribution in [0.4, 0.5) is 0 Å². The summed E-state index contributed by atoms with van der Waals surface area (Å²) in [7, 11) is 0. The number of allylic oxidation sites excluding steroid dienone is 4. The van der Waals surface area contributed by atoms with Gasteiger partial charge >= 0.3 is 204 Å². The molecule has 0 saturated heterocycles. The molecule has 0 aliphatic heterocycles. The van der Waals surface area contributed by atoms with E-state index in [1.807, 2.05) is 0 Å². The molecule has 2 aliphatic rings. The van der Waals surface area contributed by atoms with Crippen molar-refractivity contribution in [3.8, 4) is 11.1 Å². The van der Waals surface area contributed by atoms with Crippen molar-refractivity contribution < 1.29 is 14.8 Å².